The highest BCUT2D eigenvalue weighted by Gasteiger charge is 2.27. The monoisotopic (exact) mass is 504 g/mol. The van der Waals surface area contributed by atoms with E-state index in [4.69, 9.17) is 0 Å². The van der Waals surface area contributed by atoms with Crippen LogP contribution in [0.1, 0.15) is 67.9 Å². The van der Waals surface area contributed by atoms with Crippen LogP contribution >= 0.6 is 0 Å². The van der Waals surface area contributed by atoms with E-state index in [9.17, 15) is 5.11 Å². The van der Waals surface area contributed by atoms with Crippen LogP contribution in [-0.2, 0) is 6.42 Å². The molecule has 1 aromatic carbocycles. The number of hydrogen-bond acceptors (Lipinski definition) is 6. The third kappa shape index (κ3) is 9.26. The molecule has 1 aliphatic heterocycles. The van der Waals surface area contributed by atoms with E-state index in [1.807, 2.05) is 30.6 Å². The van der Waals surface area contributed by atoms with Gasteiger partial charge in [-0.3, -0.25) is 9.88 Å². The molecule has 0 aliphatic carbocycles. The Morgan fingerprint density at radius 2 is 1.62 bits per heavy atom. The van der Waals surface area contributed by atoms with Crippen molar-refractivity contribution in [3.63, 3.8) is 0 Å². The van der Waals surface area contributed by atoms with Crippen molar-refractivity contribution in [2.45, 2.75) is 57.4 Å². The lowest BCUT2D eigenvalue weighted by molar-refractivity contribution is 0.107. The van der Waals surface area contributed by atoms with Gasteiger partial charge in [0.15, 0.2) is 0 Å². The van der Waals surface area contributed by atoms with Gasteiger partial charge in [-0.25, -0.2) is 4.98 Å². The Bertz CT molecular complexity index is 971. The number of phenolic OH excluding ortho intramolecular Hbond substituents is 1. The molecule has 0 spiro atoms. The van der Waals surface area contributed by atoms with Crippen LogP contribution in [0.15, 0.2) is 61.2 Å². The molecule has 4 rings (SSSR count). The largest absolute Gasteiger partial charge is 0.508 e. The average Bonchev–Trinajstić information content (AvgIpc) is 3.46. The first-order chi connectivity index (χ1) is 18.3. The van der Waals surface area contributed by atoms with Crippen LogP contribution in [0.4, 0.5) is 0 Å². The minimum absolute atomic E-state index is 0.133. The number of aromatic amines is 1. The van der Waals surface area contributed by atoms with Crippen molar-refractivity contribution in [3.8, 4) is 5.75 Å². The quantitative estimate of drug-likeness (QED) is 0.244. The van der Waals surface area contributed by atoms with Crippen molar-refractivity contribution in [1.82, 2.24) is 30.1 Å². The van der Waals surface area contributed by atoms with Crippen LogP contribution < -0.4 is 5.32 Å². The van der Waals surface area contributed by atoms with Crippen molar-refractivity contribution in [3.05, 3.63) is 78.1 Å². The lowest BCUT2D eigenvalue weighted by Crippen LogP contribution is -2.48. The summed E-state index contributed by atoms with van der Waals surface area (Å²) in [5.74, 6) is 0.307. The molecule has 3 heterocycles. The van der Waals surface area contributed by atoms with E-state index in [1.165, 1.54) is 62.7 Å². The number of unbranched alkanes of at least 4 members (excludes halogenated alkanes) is 5. The second-order valence-electron chi connectivity index (χ2n) is 10.2. The maximum atomic E-state index is 9.74. The summed E-state index contributed by atoms with van der Waals surface area (Å²) in [4.78, 5) is 17.1. The molecule has 0 radical (unpaired) electrons. The molecule has 7 nitrogen and oxygen atoms in total. The fourth-order valence-electron chi connectivity index (χ4n) is 5.24. The highest BCUT2D eigenvalue weighted by molar-refractivity contribution is 5.32. The first kappa shape index (κ1) is 27.3. The van der Waals surface area contributed by atoms with Crippen LogP contribution in [0.2, 0.25) is 0 Å². The molecular formula is C30H44N6O. The number of nitrogens with zero attached hydrogens (tertiary/aromatic N) is 4. The molecule has 1 atom stereocenters. The fourth-order valence-corrected chi connectivity index (χ4v) is 5.24. The van der Waals surface area contributed by atoms with Gasteiger partial charge in [-0.05, 0) is 81.6 Å². The summed E-state index contributed by atoms with van der Waals surface area (Å²) in [6.45, 7) is 7.75. The van der Waals surface area contributed by atoms with E-state index in [1.54, 1.807) is 18.5 Å². The van der Waals surface area contributed by atoms with Crippen LogP contribution in [0.3, 0.4) is 0 Å². The van der Waals surface area contributed by atoms with Gasteiger partial charge in [0.1, 0.15) is 5.75 Å². The summed E-state index contributed by atoms with van der Waals surface area (Å²) in [5.41, 5.74) is 3.50. The molecule has 7 heteroatoms. The molecule has 1 aliphatic rings. The van der Waals surface area contributed by atoms with Gasteiger partial charge < -0.3 is 20.3 Å². The van der Waals surface area contributed by atoms with Crippen LogP contribution in [0, 0.1) is 0 Å². The zero-order valence-corrected chi connectivity index (χ0v) is 22.2. The molecule has 200 valence electrons. The maximum Gasteiger partial charge on any atom is 0.115 e. The lowest BCUT2D eigenvalue weighted by atomic mass is 10.00. The number of pyridine rings is 1. The van der Waals surface area contributed by atoms with Crippen LogP contribution in [0.5, 0.6) is 5.75 Å². The zero-order valence-electron chi connectivity index (χ0n) is 22.2. The van der Waals surface area contributed by atoms with E-state index in [-0.39, 0.29) is 6.04 Å². The summed E-state index contributed by atoms with van der Waals surface area (Å²) >= 11 is 0. The van der Waals surface area contributed by atoms with Crippen molar-refractivity contribution in [1.29, 1.82) is 0 Å². The molecule has 1 fully saturated rings. The number of H-pyrrole nitrogens is 1. The SMILES string of the molecule is Oc1ccc(C(c2ccccn2)N2CCN(CCCCCCCNCCCCc3cnc[nH]3)CC2)cc1. The molecule has 1 saturated heterocycles. The van der Waals surface area contributed by atoms with Crippen molar-refractivity contribution >= 4 is 0 Å². The van der Waals surface area contributed by atoms with Crippen LogP contribution in [0.25, 0.3) is 0 Å². The highest BCUT2D eigenvalue weighted by Crippen LogP contribution is 2.29. The first-order valence-electron chi connectivity index (χ1n) is 14.1. The summed E-state index contributed by atoms with van der Waals surface area (Å²) < 4.78 is 0. The number of nitrogens with one attached hydrogen (secondary N) is 2. The topological polar surface area (TPSA) is 80.3 Å². The van der Waals surface area contributed by atoms with E-state index >= 15 is 0 Å². The van der Waals surface area contributed by atoms with E-state index in [0.29, 0.717) is 5.75 Å². The standard InChI is InChI=1S/C30H44N6O/c37-28-14-12-26(13-15-28)30(29-11-5-8-18-33-29)36-22-20-35(21-23-36)19-9-3-1-2-6-16-31-17-7-4-10-27-24-32-25-34-27/h5,8,11-15,18,24-25,30-31,37H,1-4,6-7,9-10,16-17,19-23H2,(H,32,34). The minimum Gasteiger partial charge on any atom is -0.508 e. The summed E-state index contributed by atoms with van der Waals surface area (Å²) in [6, 6.07) is 13.9. The Balaban J connectivity index is 1.05. The second kappa shape index (κ2) is 15.5. The third-order valence-corrected chi connectivity index (χ3v) is 7.38. The first-order valence-corrected chi connectivity index (χ1v) is 14.1. The van der Waals surface area contributed by atoms with E-state index in [0.717, 1.165) is 51.4 Å². The minimum atomic E-state index is 0.133. The van der Waals surface area contributed by atoms with Gasteiger partial charge in [0.2, 0.25) is 0 Å². The number of aromatic hydroxyl groups is 1. The Hall–Kier alpha value is -2.74. The van der Waals surface area contributed by atoms with Gasteiger partial charge in [-0.2, -0.15) is 0 Å². The number of piperazine rings is 1. The molecule has 0 amide bonds. The Morgan fingerprint density at radius 3 is 2.35 bits per heavy atom. The molecule has 0 saturated carbocycles. The summed E-state index contributed by atoms with van der Waals surface area (Å²) in [6.07, 6.45) is 15.7. The number of aryl methyl sites for hydroxylation is 1. The van der Waals surface area contributed by atoms with Gasteiger partial charge in [0.05, 0.1) is 18.1 Å². The maximum absolute atomic E-state index is 9.74. The van der Waals surface area contributed by atoms with Crippen LogP contribution in [-0.4, -0.2) is 75.7 Å². The molecular weight excluding hydrogens is 460 g/mol. The molecule has 37 heavy (non-hydrogen) atoms. The number of rotatable bonds is 16. The predicted molar refractivity (Wildman–Crippen MR) is 150 cm³/mol. The van der Waals surface area contributed by atoms with Crippen molar-refractivity contribution < 1.29 is 5.11 Å². The molecule has 3 N–H and O–H groups in total. The number of aromatic nitrogens is 3. The molecule has 3 aromatic rings. The Morgan fingerprint density at radius 1 is 0.865 bits per heavy atom. The Labute approximate surface area is 222 Å². The molecule has 0 bridgehead atoms. The average molecular weight is 505 g/mol. The number of hydrogen-bond donors (Lipinski definition) is 3. The van der Waals surface area contributed by atoms with E-state index < -0.39 is 0 Å². The van der Waals surface area contributed by atoms with Gasteiger partial charge in [0.25, 0.3) is 0 Å². The number of benzene rings is 1. The predicted octanol–water partition coefficient (Wildman–Crippen LogP) is 4.78. The van der Waals surface area contributed by atoms with Crippen molar-refractivity contribution in [2.24, 2.45) is 0 Å². The third-order valence-electron chi connectivity index (χ3n) is 7.38. The lowest BCUT2D eigenvalue weighted by Gasteiger charge is -2.39. The summed E-state index contributed by atoms with van der Waals surface area (Å²) in [7, 11) is 0. The molecule has 2 aromatic heterocycles. The van der Waals surface area contributed by atoms with Gasteiger partial charge in [-0.15, -0.1) is 0 Å². The van der Waals surface area contributed by atoms with Gasteiger partial charge in [0, 0.05) is 44.3 Å². The number of imidazole rings is 1. The molecule has 1 unspecified atom stereocenters. The summed E-state index contributed by atoms with van der Waals surface area (Å²) in [5, 5.41) is 13.3. The smallest absolute Gasteiger partial charge is 0.115 e. The number of phenols is 1. The Kier molecular flexibility index (Phi) is 11.4. The van der Waals surface area contributed by atoms with Gasteiger partial charge >= 0.3 is 0 Å². The zero-order chi connectivity index (χ0) is 25.5. The fraction of sp³-hybridized carbons (Fsp3) is 0.533. The normalized spacial score (nSPS) is 15.7. The highest BCUT2D eigenvalue weighted by atomic mass is 16.3. The van der Waals surface area contributed by atoms with Gasteiger partial charge in [-0.1, -0.05) is 37.5 Å². The van der Waals surface area contributed by atoms with Crippen molar-refractivity contribution in [2.75, 3.05) is 45.8 Å². The van der Waals surface area contributed by atoms with E-state index in [2.05, 4.69) is 42.2 Å². The second-order valence-corrected chi connectivity index (χ2v) is 10.2.